The summed E-state index contributed by atoms with van der Waals surface area (Å²) in [5.41, 5.74) is 4.24. The van der Waals surface area contributed by atoms with E-state index in [-0.39, 0.29) is 11.8 Å². The van der Waals surface area contributed by atoms with Gasteiger partial charge in [-0.25, -0.2) is 0 Å². The van der Waals surface area contributed by atoms with E-state index in [0.717, 1.165) is 23.2 Å². The second kappa shape index (κ2) is 6.75. The van der Waals surface area contributed by atoms with Crippen LogP contribution in [0.15, 0.2) is 53.1 Å². The summed E-state index contributed by atoms with van der Waals surface area (Å²) in [7, 11) is 0. The van der Waals surface area contributed by atoms with Crippen LogP contribution >= 0.6 is 0 Å². The number of rotatable bonds is 4. The van der Waals surface area contributed by atoms with Crippen molar-refractivity contribution in [3.05, 3.63) is 65.5 Å². The normalized spacial score (nSPS) is 17.1. The molecule has 0 radical (unpaired) electrons. The zero-order chi connectivity index (χ0) is 18.1. The molecule has 1 unspecified atom stereocenters. The van der Waals surface area contributed by atoms with Crippen LogP contribution in [0, 0.1) is 6.92 Å². The Balaban J connectivity index is 1.55. The van der Waals surface area contributed by atoms with Crippen molar-refractivity contribution >= 4 is 11.6 Å². The number of carbonyl (C=O) groups is 1. The fraction of sp³-hybridized carbons (Fsp3) is 0.286. The monoisotopic (exact) mass is 347 g/mol. The first-order valence-corrected chi connectivity index (χ1v) is 8.94. The molecule has 1 aliphatic rings. The van der Waals surface area contributed by atoms with E-state index < -0.39 is 0 Å². The predicted molar refractivity (Wildman–Crippen MR) is 100 cm³/mol. The quantitative estimate of drug-likeness (QED) is 0.712. The van der Waals surface area contributed by atoms with Crippen molar-refractivity contribution in [2.45, 2.75) is 32.6 Å². The van der Waals surface area contributed by atoms with Gasteiger partial charge in [0.05, 0.1) is 5.92 Å². The smallest absolute Gasteiger partial charge is 0.232 e. The lowest BCUT2D eigenvalue weighted by Gasteiger charge is -2.18. The average Bonchev–Trinajstić information content (AvgIpc) is 3.29. The van der Waals surface area contributed by atoms with Crippen molar-refractivity contribution < 1.29 is 9.32 Å². The predicted octanol–water partition coefficient (Wildman–Crippen LogP) is 4.13. The maximum atomic E-state index is 12.5. The van der Waals surface area contributed by atoms with E-state index in [0.29, 0.717) is 24.7 Å². The first-order chi connectivity index (χ1) is 12.7. The van der Waals surface area contributed by atoms with Gasteiger partial charge in [-0.05, 0) is 30.5 Å². The summed E-state index contributed by atoms with van der Waals surface area (Å²) in [5.74, 6) is 1.13. The maximum absolute atomic E-state index is 12.5. The van der Waals surface area contributed by atoms with E-state index in [2.05, 4.69) is 29.2 Å². The zero-order valence-corrected chi connectivity index (χ0v) is 15.0. The molecular weight excluding hydrogens is 326 g/mol. The molecule has 1 amide bonds. The highest BCUT2D eigenvalue weighted by Gasteiger charge is 2.35. The number of nitrogens with zero attached hydrogens (tertiary/aromatic N) is 3. The summed E-state index contributed by atoms with van der Waals surface area (Å²) >= 11 is 0. The van der Waals surface area contributed by atoms with Crippen LogP contribution in [0.2, 0.25) is 0 Å². The molecule has 5 heteroatoms. The third-order valence-corrected chi connectivity index (χ3v) is 4.94. The number of hydrogen-bond acceptors (Lipinski definition) is 4. The minimum Gasteiger partial charge on any atom is -0.339 e. The Bertz CT molecular complexity index is 930. The van der Waals surface area contributed by atoms with Gasteiger partial charge >= 0.3 is 0 Å². The molecule has 1 fully saturated rings. The maximum Gasteiger partial charge on any atom is 0.232 e. The minimum atomic E-state index is -0.0710. The molecule has 0 saturated carbocycles. The van der Waals surface area contributed by atoms with E-state index in [1.807, 2.05) is 48.2 Å². The first kappa shape index (κ1) is 16.5. The molecule has 1 saturated heterocycles. The van der Waals surface area contributed by atoms with E-state index in [9.17, 15) is 4.79 Å². The summed E-state index contributed by atoms with van der Waals surface area (Å²) in [4.78, 5) is 18.9. The Labute approximate surface area is 152 Å². The molecule has 1 aromatic heterocycles. The standard InChI is InChI=1S/C21H21N3O2/c1-3-15-8-10-16(11-9-15)20-22-21(26-23-20)17-12-19(25)24(13-17)18-7-5-4-6-14(18)2/h4-11,17H,3,12-13H2,1-2H3. The number of aryl methyl sites for hydroxylation is 2. The summed E-state index contributed by atoms with van der Waals surface area (Å²) in [5, 5.41) is 4.11. The summed E-state index contributed by atoms with van der Waals surface area (Å²) in [6.45, 7) is 4.71. The van der Waals surface area contributed by atoms with Crippen LogP contribution in [0.25, 0.3) is 11.4 Å². The third-order valence-electron chi connectivity index (χ3n) is 4.94. The molecular formula is C21H21N3O2. The van der Waals surface area contributed by atoms with Crippen LogP contribution in [0.1, 0.15) is 36.3 Å². The van der Waals surface area contributed by atoms with Crippen molar-refractivity contribution in [2.24, 2.45) is 0 Å². The van der Waals surface area contributed by atoms with E-state index >= 15 is 0 Å². The minimum absolute atomic E-state index is 0.0710. The second-order valence-corrected chi connectivity index (χ2v) is 6.70. The highest BCUT2D eigenvalue weighted by Crippen LogP contribution is 2.33. The Morgan fingerprint density at radius 2 is 1.92 bits per heavy atom. The van der Waals surface area contributed by atoms with Gasteiger partial charge < -0.3 is 9.42 Å². The van der Waals surface area contributed by atoms with E-state index in [1.165, 1.54) is 5.56 Å². The molecule has 1 aliphatic heterocycles. The van der Waals surface area contributed by atoms with Crippen molar-refractivity contribution in [1.29, 1.82) is 0 Å². The molecule has 0 aliphatic carbocycles. The zero-order valence-electron chi connectivity index (χ0n) is 15.0. The van der Waals surface area contributed by atoms with Gasteiger partial charge in [-0.1, -0.05) is 54.5 Å². The highest BCUT2D eigenvalue weighted by molar-refractivity contribution is 5.97. The molecule has 0 N–H and O–H groups in total. The van der Waals surface area contributed by atoms with Crippen molar-refractivity contribution in [3.8, 4) is 11.4 Å². The van der Waals surface area contributed by atoms with Gasteiger partial charge in [0.15, 0.2) is 0 Å². The number of aromatic nitrogens is 2. The Hall–Kier alpha value is -2.95. The Kier molecular flexibility index (Phi) is 4.29. The van der Waals surface area contributed by atoms with Gasteiger partial charge in [-0.3, -0.25) is 4.79 Å². The van der Waals surface area contributed by atoms with Crippen LogP contribution in [-0.4, -0.2) is 22.6 Å². The average molecular weight is 347 g/mol. The molecule has 1 atom stereocenters. The number of amides is 1. The molecule has 2 heterocycles. The fourth-order valence-corrected chi connectivity index (χ4v) is 3.38. The van der Waals surface area contributed by atoms with Crippen LogP contribution in [0.5, 0.6) is 0 Å². The van der Waals surface area contributed by atoms with Gasteiger partial charge in [0.25, 0.3) is 0 Å². The van der Waals surface area contributed by atoms with Gasteiger partial charge in [-0.15, -0.1) is 0 Å². The third kappa shape index (κ3) is 3.01. The lowest BCUT2D eigenvalue weighted by molar-refractivity contribution is -0.117. The molecule has 2 aromatic carbocycles. The topological polar surface area (TPSA) is 59.2 Å². The second-order valence-electron chi connectivity index (χ2n) is 6.70. The summed E-state index contributed by atoms with van der Waals surface area (Å²) in [6, 6.07) is 16.1. The summed E-state index contributed by atoms with van der Waals surface area (Å²) in [6.07, 6.45) is 1.39. The largest absolute Gasteiger partial charge is 0.339 e. The van der Waals surface area contributed by atoms with E-state index in [1.54, 1.807) is 0 Å². The molecule has 26 heavy (non-hydrogen) atoms. The van der Waals surface area contributed by atoms with Gasteiger partial charge in [-0.2, -0.15) is 4.98 Å². The molecule has 5 nitrogen and oxygen atoms in total. The lowest BCUT2D eigenvalue weighted by Crippen LogP contribution is -2.25. The number of anilines is 1. The Morgan fingerprint density at radius 1 is 1.15 bits per heavy atom. The van der Waals surface area contributed by atoms with Crippen LogP contribution in [-0.2, 0) is 11.2 Å². The van der Waals surface area contributed by atoms with Crippen molar-refractivity contribution in [1.82, 2.24) is 10.1 Å². The van der Waals surface area contributed by atoms with Crippen molar-refractivity contribution in [2.75, 3.05) is 11.4 Å². The molecule has 4 rings (SSSR count). The molecule has 0 spiro atoms. The summed E-state index contributed by atoms with van der Waals surface area (Å²) < 4.78 is 5.48. The number of para-hydroxylation sites is 1. The number of benzene rings is 2. The van der Waals surface area contributed by atoms with Gasteiger partial charge in [0, 0.05) is 24.2 Å². The highest BCUT2D eigenvalue weighted by atomic mass is 16.5. The first-order valence-electron chi connectivity index (χ1n) is 8.94. The lowest BCUT2D eigenvalue weighted by atomic mass is 10.1. The number of carbonyl (C=O) groups excluding carboxylic acids is 1. The van der Waals surface area contributed by atoms with Crippen LogP contribution < -0.4 is 4.90 Å². The Morgan fingerprint density at radius 3 is 2.65 bits per heavy atom. The van der Waals surface area contributed by atoms with Crippen LogP contribution in [0.3, 0.4) is 0 Å². The SMILES string of the molecule is CCc1ccc(-c2noc(C3CC(=O)N(c4ccccc4C)C3)n2)cc1. The van der Waals surface area contributed by atoms with Crippen LogP contribution in [0.4, 0.5) is 5.69 Å². The number of hydrogen-bond donors (Lipinski definition) is 0. The molecule has 0 bridgehead atoms. The van der Waals surface area contributed by atoms with E-state index in [4.69, 9.17) is 4.52 Å². The molecule has 132 valence electrons. The van der Waals surface area contributed by atoms with Crippen molar-refractivity contribution in [3.63, 3.8) is 0 Å². The molecule has 3 aromatic rings. The van der Waals surface area contributed by atoms with Gasteiger partial charge in [0.2, 0.25) is 17.6 Å². The van der Waals surface area contributed by atoms with Gasteiger partial charge in [0.1, 0.15) is 0 Å². The fourth-order valence-electron chi connectivity index (χ4n) is 3.38.